The number of carbonyl (C=O) groups is 1. The second-order valence-corrected chi connectivity index (χ2v) is 9.24. The maximum Gasteiger partial charge on any atom is 0.258 e. The van der Waals surface area contributed by atoms with Crippen LogP contribution in [0.25, 0.3) is 22.2 Å². The van der Waals surface area contributed by atoms with Gasteiger partial charge in [0, 0.05) is 10.9 Å². The van der Waals surface area contributed by atoms with Gasteiger partial charge in [0.1, 0.15) is 12.4 Å². The number of hydrogen-bond donors (Lipinski definition) is 3. The lowest BCUT2D eigenvalue weighted by Gasteiger charge is -2.28. The van der Waals surface area contributed by atoms with Crippen molar-refractivity contribution < 1.29 is 14.3 Å². The quantitative estimate of drug-likeness (QED) is 0.296. The van der Waals surface area contributed by atoms with Crippen LogP contribution in [-0.2, 0) is 4.74 Å². The molecular formula is C27H34N4O3. The molecule has 1 atom stereocenters. The number of nitrogens with two attached hydrogens (primary N) is 1. The number of nitrogens with one attached hydrogen (secondary N) is 2. The fraction of sp³-hybridized carbons (Fsp3) is 0.370. The minimum absolute atomic E-state index is 0.0329. The molecule has 0 spiro atoms. The first kappa shape index (κ1) is 25.2. The first-order valence-corrected chi connectivity index (χ1v) is 11.6. The number of fused-ring (bicyclic) bond motifs is 1. The van der Waals surface area contributed by atoms with Crippen LogP contribution in [0.15, 0.2) is 54.6 Å². The molecular weight excluding hydrogens is 428 g/mol. The summed E-state index contributed by atoms with van der Waals surface area (Å²) in [6, 6.07) is 16.7. The third-order valence-electron chi connectivity index (χ3n) is 5.20. The number of carbonyl (C=O) groups excluding carboxylic acids is 1. The highest BCUT2D eigenvalue weighted by Crippen LogP contribution is 2.32. The Labute approximate surface area is 201 Å². The molecule has 1 amide bonds. The molecule has 1 unspecified atom stereocenters. The van der Waals surface area contributed by atoms with Gasteiger partial charge in [0.25, 0.3) is 5.91 Å². The monoisotopic (exact) mass is 462 g/mol. The van der Waals surface area contributed by atoms with Crippen LogP contribution in [0.2, 0.25) is 0 Å². The Kier molecular flexibility index (Phi) is 8.23. The topological polar surface area (TPSA) is 110 Å². The number of para-hydroxylation sites is 2. The largest absolute Gasteiger partial charge is 0.490 e. The third kappa shape index (κ3) is 6.78. The van der Waals surface area contributed by atoms with Gasteiger partial charge in [-0.05, 0) is 51.5 Å². The van der Waals surface area contributed by atoms with Crippen LogP contribution >= 0.6 is 0 Å². The lowest BCUT2D eigenvalue weighted by Crippen LogP contribution is -2.35. The summed E-state index contributed by atoms with van der Waals surface area (Å²) < 4.78 is 12.5. The molecule has 0 aliphatic carbocycles. The zero-order valence-electron chi connectivity index (χ0n) is 20.4. The summed E-state index contributed by atoms with van der Waals surface area (Å²) >= 11 is 0. The van der Waals surface area contributed by atoms with Crippen LogP contribution in [0.1, 0.15) is 57.3 Å². The van der Waals surface area contributed by atoms with E-state index in [2.05, 4.69) is 12.2 Å². The third-order valence-corrected chi connectivity index (χ3v) is 5.20. The molecule has 3 aromatic rings. The van der Waals surface area contributed by atoms with Crippen molar-refractivity contribution in [1.29, 1.82) is 5.41 Å². The number of aromatic nitrogens is 1. The number of hydrogen-bond acceptors (Lipinski definition) is 5. The van der Waals surface area contributed by atoms with E-state index >= 15 is 0 Å². The highest BCUT2D eigenvalue weighted by atomic mass is 16.5. The summed E-state index contributed by atoms with van der Waals surface area (Å²) in [5.74, 6) is -0.195. The van der Waals surface area contributed by atoms with Crippen molar-refractivity contribution in [2.75, 3.05) is 6.61 Å². The molecule has 1 aromatic heterocycles. The molecule has 0 saturated carbocycles. The smallest absolute Gasteiger partial charge is 0.258 e. The Morgan fingerprint density at radius 1 is 1.15 bits per heavy atom. The Hall–Kier alpha value is -3.45. The number of pyridine rings is 1. The van der Waals surface area contributed by atoms with Crippen molar-refractivity contribution in [3.8, 4) is 17.0 Å². The normalized spacial score (nSPS) is 12.4. The van der Waals surface area contributed by atoms with Crippen molar-refractivity contribution in [1.82, 2.24) is 10.3 Å². The number of nitrogens with zero attached hydrogens (tertiary/aromatic N) is 1. The fourth-order valence-electron chi connectivity index (χ4n) is 3.79. The van der Waals surface area contributed by atoms with Gasteiger partial charge in [-0.1, -0.05) is 50.1 Å². The minimum Gasteiger partial charge on any atom is -0.490 e. The van der Waals surface area contributed by atoms with Gasteiger partial charge in [0.05, 0.1) is 28.5 Å². The molecule has 7 heteroatoms. The van der Waals surface area contributed by atoms with Gasteiger partial charge in [-0.3, -0.25) is 15.5 Å². The van der Waals surface area contributed by atoms with Gasteiger partial charge in [-0.15, -0.1) is 0 Å². The molecule has 0 radical (unpaired) electrons. The second-order valence-electron chi connectivity index (χ2n) is 9.24. The second kappa shape index (κ2) is 11.1. The van der Waals surface area contributed by atoms with E-state index in [-0.39, 0.29) is 11.7 Å². The molecule has 34 heavy (non-hydrogen) atoms. The Bertz CT molecular complexity index is 1150. The summed E-state index contributed by atoms with van der Waals surface area (Å²) in [5.41, 5.74) is 7.57. The molecule has 0 fully saturated rings. The Balaban J connectivity index is 1.96. The molecule has 0 aliphatic heterocycles. The summed E-state index contributed by atoms with van der Waals surface area (Å²) in [5, 5.41) is 10.5. The molecule has 4 N–H and O–H groups in total. The summed E-state index contributed by atoms with van der Waals surface area (Å²) in [6.07, 6.45) is 3.04. The lowest BCUT2D eigenvalue weighted by atomic mass is 10.0. The fourth-order valence-corrected chi connectivity index (χ4v) is 3.79. The van der Waals surface area contributed by atoms with Crippen molar-refractivity contribution in [2.45, 2.75) is 58.7 Å². The summed E-state index contributed by atoms with van der Waals surface area (Å²) in [6.45, 7) is 8.72. The zero-order chi connectivity index (χ0) is 24.7. The van der Waals surface area contributed by atoms with E-state index < -0.39 is 11.9 Å². The predicted octanol–water partition coefficient (Wildman–Crippen LogP) is 5.28. The van der Waals surface area contributed by atoms with Crippen LogP contribution in [0.3, 0.4) is 0 Å². The molecule has 0 aliphatic rings. The van der Waals surface area contributed by atoms with Gasteiger partial charge in [0.15, 0.2) is 5.96 Å². The van der Waals surface area contributed by atoms with Gasteiger partial charge in [-0.2, -0.15) is 0 Å². The molecule has 2 aromatic carbocycles. The van der Waals surface area contributed by atoms with Crippen LogP contribution in [0, 0.1) is 5.41 Å². The number of benzene rings is 2. The highest BCUT2D eigenvalue weighted by molar-refractivity contribution is 6.12. The summed E-state index contributed by atoms with van der Waals surface area (Å²) in [7, 11) is 0. The van der Waals surface area contributed by atoms with Crippen LogP contribution in [-0.4, -0.2) is 35.2 Å². The molecule has 3 rings (SSSR count). The average Bonchev–Trinajstić information content (AvgIpc) is 2.79. The maximum absolute atomic E-state index is 12.8. The van der Waals surface area contributed by atoms with Crippen LogP contribution in [0.4, 0.5) is 0 Å². The van der Waals surface area contributed by atoms with E-state index in [1.807, 2.05) is 69.3 Å². The molecule has 180 valence electrons. The first-order chi connectivity index (χ1) is 16.2. The summed E-state index contributed by atoms with van der Waals surface area (Å²) in [4.78, 5) is 17.6. The number of guanidine groups is 1. The van der Waals surface area contributed by atoms with E-state index in [0.29, 0.717) is 34.5 Å². The maximum atomic E-state index is 12.8. The first-order valence-electron chi connectivity index (χ1n) is 11.6. The number of unbranched alkanes of at least 4 members (excludes halogenated alkanes) is 1. The molecule has 7 nitrogen and oxygen atoms in total. The number of rotatable bonds is 9. The van der Waals surface area contributed by atoms with E-state index in [9.17, 15) is 4.79 Å². The van der Waals surface area contributed by atoms with Gasteiger partial charge in [0.2, 0.25) is 0 Å². The predicted molar refractivity (Wildman–Crippen MR) is 136 cm³/mol. The Morgan fingerprint density at radius 2 is 1.85 bits per heavy atom. The average molecular weight is 463 g/mol. The van der Waals surface area contributed by atoms with E-state index in [1.165, 1.54) is 0 Å². The molecule has 0 saturated heterocycles. The minimum atomic E-state index is -0.455. The highest BCUT2D eigenvalue weighted by Gasteiger charge is 2.21. The zero-order valence-corrected chi connectivity index (χ0v) is 20.4. The SMILES string of the molecule is CCCCC(COc1ccccc1-c1cc(C(=O)NC(=N)N)c2ccccc2n1)OC(C)(C)C. The van der Waals surface area contributed by atoms with Gasteiger partial charge < -0.3 is 15.2 Å². The van der Waals surface area contributed by atoms with Crippen LogP contribution < -0.4 is 15.8 Å². The van der Waals surface area contributed by atoms with E-state index in [0.717, 1.165) is 24.8 Å². The number of amides is 1. The van der Waals surface area contributed by atoms with E-state index in [4.69, 9.17) is 25.6 Å². The number of ether oxygens (including phenoxy) is 2. The Morgan fingerprint density at radius 3 is 2.56 bits per heavy atom. The van der Waals surface area contributed by atoms with Gasteiger partial charge >= 0.3 is 0 Å². The molecule has 0 bridgehead atoms. The van der Waals surface area contributed by atoms with Crippen molar-refractivity contribution >= 4 is 22.8 Å². The van der Waals surface area contributed by atoms with Crippen LogP contribution in [0.5, 0.6) is 5.75 Å². The van der Waals surface area contributed by atoms with Crippen molar-refractivity contribution in [3.63, 3.8) is 0 Å². The van der Waals surface area contributed by atoms with Crippen molar-refractivity contribution in [3.05, 3.63) is 60.2 Å². The van der Waals surface area contributed by atoms with E-state index in [1.54, 1.807) is 6.07 Å². The van der Waals surface area contributed by atoms with Crippen molar-refractivity contribution in [2.24, 2.45) is 5.73 Å². The van der Waals surface area contributed by atoms with Gasteiger partial charge in [-0.25, -0.2) is 4.98 Å². The standard InChI is InChI=1S/C27H34N4O3/c1-5-6-11-18(34-27(2,3)4)17-33-24-15-10-8-13-20(24)23-16-21(25(32)31-26(28)29)19-12-7-9-14-22(19)30-23/h7-10,12-16,18H,5-6,11,17H2,1-4H3,(H4,28,29,31,32). The lowest BCUT2D eigenvalue weighted by molar-refractivity contribution is -0.0794. The molecule has 1 heterocycles.